The molecule has 2 rings (SSSR count). The highest BCUT2D eigenvalue weighted by molar-refractivity contribution is 7.12. The van der Waals surface area contributed by atoms with Crippen LogP contribution in [0.15, 0.2) is 16.5 Å². The van der Waals surface area contributed by atoms with E-state index in [-0.39, 0.29) is 5.91 Å². The van der Waals surface area contributed by atoms with Crippen LogP contribution in [0.3, 0.4) is 0 Å². The summed E-state index contributed by atoms with van der Waals surface area (Å²) in [4.78, 5) is 12.0. The van der Waals surface area contributed by atoms with Crippen molar-refractivity contribution >= 4 is 23.0 Å². The summed E-state index contributed by atoms with van der Waals surface area (Å²) in [6.45, 7) is 2.02. The summed E-state index contributed by atoms with van der Waals surface area (Å²) < 4.78 is 0. The van der Waals surface area contributed by atoms with Crippen molar-refractivity contribution in [3.05, 3.63) is 21.9 Å². The van der Waals surface area contributed by atoms with Gasteiger partial charge in [0.2, 0.25) is 5.91 Å². The van der Waals surface area contributed by atoms with Crippen LogP contribution in [-0.2, 0) is 4.79 Å². The molecule has 0 fully saturated rings. The summed E-state index contributed by atoms with van der Waals surface area (Å²) in [5.74, 6) is -0.0159. The molecule has 0 saturated heterocycles. The highest BCUT2D eigenvalue weighted by Gasteiger charge is 2.18. The van der Waals surface area contributed by atoms with Gasteiger partial charge in [0.1, 0.15) is 0 Å². The molecule has 0 aliphatic carbocycles. The molecular formula is C8H8N2OS. The van der Waals surface area contributed by atoms with Gasteiger partial charge in [0.15, 0.2) is 0 Å². The molecule has 0 aromatic carbocycles. The second kappa shape index (κ2) is 2.71. The average molecular weight is 180 g/mol. The van der Waals surface area contributed by atoms with E-state index in [9.17, 15) is 4.79 Å². The fraction of sp³-hybridized carbons (Fsp3) is 0.250. The van der Waals surface area contributed by atoms with Crippen LogP contribution in [0.25, 0.3) is 0 Å². The highest BCUT2D eigenvalue weighted by Crippen LogP contribution is 2.19. The van der Waals surface area contributed by atoms with Crippen molar-refractivity contribution < 1.29 is 4.79 Å². The molecule has 12 heavy (non-hydrogen) atoms. The van der Waals surface area contributed by atoms with Crippen LogP contribution in [-0.4, -0.2) is 11.6 Å². The van der Waals surface area contributed by atoms with Gasteiger partial charge in [0.25, 0.3) is 0 Å². The Hall–Kier alpha value is -1.16. The van der Waals surface area contributed by atoms with Gasteiger partial charge < -0.3 is 0 Å². The predicted molar refractivity (Wildman–Crippen MR) is 48.4 cm³/mol. The van der Waals surface area contributed by atoms with Crippen LogP contribution < -0.4 is 5.43 Å². The van der Waals surface area contributed by atoms with Gasteiger partial charge in [-0.1, -0.05) is 0 Å². The normalized spacial score (nSPS) is 16.1. The van der Waals surface area contributed by atoms with Gasteiger partial charge in [-0.05, 0) is 23.9 Å². The molecule has 2 heterocycles. The molecule has 1 aromatic heterocycles. The van der Waals surface area contributed by atoms with Crippen LogP contribution in [0, 0.1) is 6.92 Å². The first-order valence-electron chi connectivity index (χ1n) is 3.67. The number of nitrogens with zero attached hydrogens (tertiary/aromatic N) is 1. The molecule has 0 atom stereocenters. The predicted octanol–water partition coefficient (Wildman–Crippen LogP) is 1.28. The second-order valence-electron chi connectivity index (χ2n) is 2.70. The maximum Gasteiger partial charge on any atom is 0.246 e. The van der Waals surface area contributed by atoms with E-state index in [0.29, 0.717) is 6.42 Å². The van der Waals surface area contributed by atoms with Gasteiger partial charge >= 0.3 is 0 Å². The van der Waals surface area contributed by atoms with E-state index in [4.69, 9.17) is 0 Å². The first-order valence-corrected chi connectivity index (χ1v) is 4.55. The molecule has 0 unspecified atom stereocenters. The molecule has 1 N–H and O–H groups in total. The van der Waals surface area contributed by atoms with Crippen LogP contribution in [0.2, 0.25) is 0 Å². The average Bonchev–Trinajstić information content (AvgIpc) is 2.58. The van der Waals surface area contributed by atoms with E-state index < -0.39 is 0 Å². The van der Waals surface area contributed by atoms with Gasteiger partial charge in [-0.15, -0.1) is 11.3 Å². The number of hydrogen-bond donors (Lipinski definition) is 1. The number of thiophene rings is 1. The van der Waals surface area contributed by atoms with Crippen molar-refractivity contribution in [2.24, 2.45) is 5.10 Å². The van der Waals surface area contributed by atoms with Gasteiger partial charge in [-0.25, -0.2) is 5.43 Å². The molecule has 1 aliphatic heterocycles. The molecule has 62 valence electrons. The second-order valence-corrected chi connectivity index (χ2v) is 3.62. The van der Waals surface area contributed by atoms with E-state index in [1.807, 2.05) is 18.4 Å². The summed E-state index contributed by atoms with van der Waals surface area (Å²) in [6.07, 6.45) is 0.418. The van der Waals surface area contributed by atoms with E-state index >= 15 is 0 Å². The lowest BCUT2D eigenvalue weighted by atomic mass is 10.2. The van der Waals surface area contributed by atoms with Crippen LogP contribution >= 0.6 is 11.3 Å². The summed E-state index contributed by atoms with van der Waals surface area (Å²) in [6, 6.07) is 2.03. The van der Waals surface area contributed by atoms with Gasteiger partial charge in [-0.2, -0.15) is 5.10 Å². The minimum absolute atomic E-state index is 0.0159. The molecule has 4 heteroatoms. The topological polar surface area (TPSA) is 41.5 Å². The minimum atomic E-state index is -0.0159. The number of carbonyl (C=O) groups excluding carboxylic acids is 1. The molecule has 0 saturated carbocycles. The van der Waals surface area contributed by atoms with Crippen molar-refractivity contribution in [1.29, 1.82) is 0 Å². The van der Waals surface area contributed by atoms with Crippen LogP contribution in [0.4, 0.5) is 0 Å². The third kappa shape index (κ3) is 1.14. The fourth-order valence-corrected chi connectivity index (χ4v) is 2.08. The number of aryl methyl sites for hydroxylation is 1. The molecule has 1 amide bonds. The Morgan fingerprint density at radius 1 is 1.67 bits per heavy atom. The number of carbonyl (C=O) groups is 1. The highest BCUT2D eigenvalue weighted by atomic mass is 32.1. The Morgan fingerprint density at radius 3 is 3.00 bits per heavy atom. The maximum absolute atomic E-state index is 10.8. The lowest BCUT2D eigenvalue weighted by Gasteiger charge is -1.93. The zero-order valence-corrected chi connectivity index (χ0v) is 7.44. The van der Waals surface area contributed by atoms with Crippen molar-refractivity contribution in [2.45, 2.75) is 13.3 Å². The Kier molecular flexibility index (Phi) is 1.69. The standard InChI is InChI=1S/C8H8N2OS/c1-5-2-3-12-8(5)6-4-7(11)10-9-6/h2-3H,4H2,1H3,(H,10,11). The Balaban J connectivity index is 2.33. The minimum Gasteiger partial charge on any atom is -0.273 e. The summed E-state index contributed by atoms with van der Waals surface area (Å²) in [7, 11) is 0. The maximum atomic E-state index is 10.8. The third-order valence-electron chi connectivity index (χ3n) is 1.77. The van der Waals surface area contributed by atoms with Gasteiger partial charge in [-0.3, -0.25) is 4.79 Å². The smallest absolute Gasteiger partial charge is 0.246 e. The molecular weight excluding hydrogens is 172 g/mol. The molecule has 0 spiro atoms. The molecule has 3 nitrogen and oxygen atoms in total. The summed E-state index contributed by atoms with van der Waals surface area (Å²) >= 11 is 1.63. The fourth-order valence-electron chi connectivity index (χ4n) is 1.16. The number of hydrazone groups is 1. The molecule has 1 aromatic rings. The molecule has 0 bridgehead atoms. The third-order valence-corrected chi connectivity index (χ3v) is 2.83. The van der Waals surface area contributed by atoms with E-state index in [2.05, 4.69) is 10.5 Å². The van der Waals surface area contributed by atoms with Crippen molar-refractivity contribution in [2.75, 3.05) is 0 Å². The van der Waals surface area contributed by atoms with E-state index in [0.717, 1.165) is 10.6 Å². The summed E-state index contributed by atoms with van der Waals surface area (Å²) in [5.41, 5.74) is 4.50. The Labute approximate surface area is 74.1 Å². The van der Waals surface area contributed by atoms with Crippen molar-refractivity contribution in [1.82, 2.24) is 5.43 Å². The monoisotopic (exact) mass is 180 g/mol. The van der Waals surface area contributed by atoms with E-state index in [1.165, 1.54) is 5.56 Å². The quantitative estimate of drug-likeness (QED) is 0.695. The number of amides is 1. The number of nitrogens with one attached hydrogen (secondary N) is 1. The van der Waals surface area contributed by atoms with Crippen LogP contribution in [0.5, 0.6) is 0 Å². The Bertz CT molecular complexity index is 354. The molecule has 1 aliphatic rings. The summed E-state index contributed by atoms with van der Waals surface area (Å²) in [5, 5.41) is 5.96. The Morgan fingerprint density at radius 2 is 2.50 bits per heavy atom. The lowest BCUT2D eigenvalue weighted by molar-refractivity contribution is -0.119. The zero-order chi connectivity index (χ0) is 8.55. The zero-order valence-electron chi connectivity index (χ0n) is 6.63. The largest absolute Gasteiger partial charge is 0.273 e. The SMILES string of the molecule is Cc1ccsc1C1=NNC(=O)C1. The lowest BCUT2D eigenvalue weighted by Crippen LogP contribution is -2.09. The van der Waals surface area contributed by atoms with Crippen molar-refractivity contribution in [3.63, 3.8) is 0 Å². The van der Waals surface area contributed by atoms with Crippen molar-refractivity contribution in [3.8, 4) is 0 Å². The first kappa shape index (κ1) is 7.49. The van der Waals surface area contributed by atoms with Gasteiger partial charge in [0.05, 0.1) is 17.0 Å². The van der Waals surface area contributed by atoms with Crippen LogP contribution in [0.1, 0.15) is 16.9 Å². The number of hydrogen-bond acceptors (Lipinski definition) is 3. The molecule has 0 radical (unpaired) electrons. The van der Waals surface area contributed by atoms with E-state index in [1.54, 1.807) is 11.3 Å². The first-order chi connectivity index (χ1) is 5.77. The van der Waals surface area contributed by atoms with Gasteiger partial charge in [0, 0.05) is 0 Å². The number of rotatable bonds is 1.